The maximum Gasteiger partial charge on any atom is 0.293 e. The molecule has 0 aliphatic carbocycles. The summed E-state index contributed by atoms with van der Waals surface area (Å²) in [5.74, 6) is 0.812. The summed E-state index contributed by atoms with van der Waals surface area (Å²) in [5, 5.41) is 13.8. The van der Waals surface area contributed by atoms with Crippen molar-refractivity contribution in [2.45, 2.75) is 53.1 Å². The Morgan fingerprint density at radius 3 is 2.63 bits per heavy atom. The molecule has 1 aromatic heterocycles. The van der Waals surface area contributed by atoms with Crippen molar-refractivity contribution in [2.24, 2.45) is 5.92 Å². The summed E-state index contributed by atoms with van der Waals surface area (Å²) in [5.41, 5.74) is 1.03. The molecule has 8 heteroatoms. The summed E-state index contributed by atoms with van der Waals surface area (Å²) in [7, 11) is 1.67. The number of nitrogens with one attached hydrogen (secondary N) is 1. The van der Waals surface area contributed by atoms with Gasteiger partial charge >= 0.3 is 0 Å². The minimum absolute atomic E-state index is 0.0364. The molecule has 1 rings (SSSR count). The Morgan fingerprint density at radius 2 is 2.07 bits per heavy atom. The normalized spacial score (nSPS) is 10.8. The van der Waals surface area contributed by atoms with Crippen LogP contribution < -0.4 is 10.1 Å². The lowest BCUT2D eigenvalue weighted by atomic mass is 9.97. The van der Waals surface area contributed by atoms with Gasteiger partial charge < -0.3 is 14.8 Å². The molecular weight excluding hydrogens is 350 g/mol. The van der Waals surface area contributed by atoms with Gasteiger partial charge in [-0.2, -0.15) is 0 Å². The lowest BCUT2D eigenvalue weighted by Gasteiger charge is -2.22. The van der Waals surface area contributed by atoms with Crippen molar-refractivity contribution in [2.75, 3.05) is 25.5 Å². The molecular formula is C19H31N3O5. The summed E-state index contributed by atoms with van der Waals surface area (Å²) in [4.78, 5) is 27.4. The molecule has 1 heterocycles. The van der Waals surface area contributed by atoms with Crippen LogP contribution in [0.2, 0.25) is 0 Å². The van der Waals surface area contributed by atoms with E-state index in [1.807, 2.05) is 13.8 Å². The monoisotopic (exact) mass is 381 g/mol. The average molecular weight is 381 g/mol. The van der Waals surface area contributed by atoms with Gasteiger partial charge in [0.1, 0.15) is 11.6 Å². The van der Waals surface area contributed by atoms with E-state index in [1.54, 1.807) is 13.2 Å². The molecule has 0 radical (unpaired) electrons. The molecule has 0 aliphatic heterocycles. The molecule has 0 saturated carbocycles. The molecule has 8 nitrogen and oxygen atoms in total. The second-order valence-corrected chi connectivity index (χ2v) is 6.92. The molecule has 0 aliphatic rings. The van der Waals surface area contributed by atoms with Crippen molar-refractivity contribution in [3.63, 3.8) is 0 Å². The number of aromatic nitrogens is 1. The Labute approximate surface area is 160 Å². The van der Waals surface area contributed by atoms with E-state index in [-0.39, 0.29) is 19.3 Å². The molecule has 0 unspecified atom stereocenters. The first-order valence-electron chi connectivity index (χ1n) is 9.24. The zero-order valence-electron chi connectivity index (χ0n) is 16.8. The molecule has 2 N–H and O–H groups in total. The highest BCUT2D eigenvalue weighted by Crippen LogP contribution is 2.30. The third-order valence-electron chi connectivity index (χ3n) is 3.87. The van der Waals surface area contributed by atoms with Gasteiger partial charge in [-0.05, 0) is 32.6 Å². The summed E-state index contributed by atoms with van der Waals surface area (Å²) in [6, 6.07) is 0. The Bertz CT molecular complexity index is 620. The van der Waals surface area contributed by atoms with Crippen molar-refractivity contribution in [1.82, 2.24) is 10.0 Å². The second-order valence-electron chi connectivity index (χ2n) is 6.92. The van der Waals surface area contributed by atoms with Gasteiger partial charge in [0.15, 0.2) is 0 Å². The Kier molecular flexibility index (Phi) is 9.56. The van der Waals surface area contributed by atoms with Gasteiger partial charge in [-0.15, -0.1) is 0 Å². The largest absolute Gasteiger partial charge is 0.489 e. The first-order valence-corrected chi connectivity index (χ1v) is 9.24. The van der Waals surface area contributed by atoms with Gasteiger partial charge in [0.25, 0.3) is 12.4 Å². The molecule has 0 saturated heterocycles. The number of hydroxylamine groups is 2. The van der Waals surface area contributed by atoms with Crippen LogP contribution >= 0.6 is 0 Å². The molecule has 1 aromatic rings. The van der Waals surface area contributed by atoms with Gasteiger partial charge in [0, 0.05) is 19.0 Å². The van der Waals surface area contributed by atoms with Crippen LogP contribution in [-0.2, 0) is 16.0 Å². The van der Waals surface area contributed by atoms with E-state index in [9.17, 15) is 14.8 Å². The molecule has 0 spiro atoms. The maximum atomic E-state index is 12.9. The van der Waals surface area contributed by atoms with Crippen LogP contribution in [0.1, 0.15) is 56.5 Å². The first-order chi connectivity index (χ1) is 12.8. The molecule has 152 valence electrons. The number of rotatable bonds is 12. The van der Waals surface area contributed by atoms with E-state index in [0.717, 1.165) is 12.0 Å². The first kappa shape index (κ1) is 22.7. The number of hydrogen-bond acceptors (Lipinski definition) is 7. The van der Waals surface area contributed by atoms with Crippen LogP contribution in [0.3, 0.4) is 0 Å². The highest BCUT2D eigenvalue weighted by atomic mass is 16.5. The van der Waals surface area contributed by atoms with Crippen LogP contribution in [0.25, 0.3) is 0 Å². The summed E-state index contributed by atoms with van der Waals surface area (Å²) in [6.07, 6.45) is 3.35. The molecule has 0 atom stereocenters. The van der Waals surface area contributed by atoms with Crippen molar-refractivity contribution in [3.8, 4) is 5.75 Å². The minimum Gasteiger partial charge on any atom is -0.489 e. The minimum atomic E-state index is -0.564. The topological polar surface area (TPSA) is 101 Å². The third-order valence-corrected chi connectivity index (χ3v) is 3.87. The van der Waals surface area contributed by atoms with Gasteiger partial charge in [0.2, 0.25) is 0 Å². The number of amides is 1. The molecule has 0 aromatic carbocycles. The fraction of sp³-hybridized carbons (Fsp3) is 0.632. The van der Waals surface area contributed by atoms with Crippen molar-refractivity contribution in [1.29, 1.82) is 0 Å². The zero-order chi connectivity index (χ0) is 20.4. The third kappa shape index (κ3) is 7.05. The van der Waals surface area contributed by atoms with Crippen LogP contribution in [0.5, 0.6) is 5.75 Å². The molecule has 27 heavy (non-hydrogen) atoms. The number of ether oxygens (including phenoxy) is 2. The van der Waals surface area contributed by atoms with Gasteiger partial charge in [-0.25, -0.2) is 10.0 Å². The number of hydrogen-bond donors (Lipinski definition) is 2. The lowest BCUT2D eigenvalue weighted by molar-refractivity contribution is -0.129. The summed E-state index contributed by atoms with van der Waals surface area (Å²) >= 11 is 0. The second kappa shape index (κ2) is 11.4. The Morgan fingerprint density at radius 1 is 1.37 bits per heavy atom. The molecule has 0 bridgehead atoms. The van der Waals surface area contributed by atoms with Crippen molar-refractivity contribution < 1.29 is 24.3 Å². The van der Waals surface area contributed by atoms with E-state index >= 15 is 0 Å². The number of pyridine rings is 1. The van der Waals surface area contributed by atoms with Crippen molar-refractivity contribution >= 4 is 18.2 Å². The number of carbonyl (C=O) groups excluding carboxylic acids is 2. The summed E-state index contributed by atoms with van der Waals surface area (Å²) < 4.78 is 10.5. The van der Waals surface area contributed by atoms with Gasteiger partial charge in [0.05, 0.1) is 31.0 Å². The van der Waals surface area contributed by atoms with Gasteiger partial charge in [-0.3, -0.25) is 14.8 Å². The van der Waals surface area contributed by atoms with E-state index in [2.05, 4.69) is 28.9 Å². The zero-order valence-corrected chi connectivity index (χ0v) is 16.8. The quantitative estimate of drug-likeness (QED) is 0.248. The van der Waals surface area contributed by atoms with Crippen LogP contribution in [-0.4, -0.2) is 53.9 Å². The van der Waals surface area contributed by atoms with Crippen LogP contribution in [0.15, 0.2) is 6.20 Å². The van der Waals surface area contributed by atoms with Crippen LogP contribution in [0, 0.1) is 5.92 Å². The summed E-state index contributed by atoms with van der Waals surface area (Å²) in [6.45, 7) is 8.53. The molecule has 0 fully saturated rings. The SMILES string of the molecule is CNc1ncc(OC(C)C)c(CCC(C)C)c1C(=O)N(O)CCCOC=O. The van der Waals surface area contributed by atoms with E-state index in [4.69, 9.17) is 4.74 Å². The van der Waals surface area contributed by atoms with Gasteiger partial charge in [-0.1, -0.05) is 13.8 Å². The molecule has 1 amide bonds. The van der Waals surface area contributed by atoms with Crippen molar-refractivity contribution in [3.05, 3.63) is 17.3 Å². The fourth-order valence-corrected chi connectivity index (χ4v) is 2.56. The smallest absolute Gasteiger partial charge is 0.293 e. The number of nitrogens with zero attached hydrogens (tertiary/aromatic N) is 2. The lowest BCUT2D eigenvalue weighted by Crippen LogP contribution is -2.31. The van der Waals surface area contributed by atoms with E-state index in [1.165, 1.54) is 0 Å². The van der Waals surface area contributed by atoms with Crippen LogP contribution in [0.4, 0.5) is 5.82 Å². The Balaban J connectivity index is 3.21. The maximum absolute atomic E-state index is 12.9. The predicted molar refractivity (Wildman–Crippen MR) is 102 cm³/mol. The fourth-order valence-electron chi connectivity index (χ4n) is 2.56. The number of carbonyl (C=O) groups is 2. The van der Waals surface area contributed by atoms with E-state index < -0.39 is 5.91 Å². The number of anilines is 1. The highest BCUT2D eigenvalue weighted by molar-refractivity contribution is 6.00. The average Bonchev–Trinajstić information content (AvgIpc) is 2.62. The predicted octanol–water partition coefficient (Wildman–Crippen LogP) is 2.89. The standard InChI is InChI=1S/C19H31N3O5/c1-13(2)7-8-15-16(27-14(3)4)11-21-18(20-5)17(15)19(24)22(25)9-6-10-26-12-23/h11-14,25H,6-10H2,1-5H3,(H,20,21). The Hall–Kier alpha value is -2.35. The highest BCUT2D eigenvalue weighted by Gasteiger charge is 2.25. The van der Waals surface area contributed by atoms with E-state index in [0.29, 0.717) is 47.4 Å².